The topological polar surface area (TPSA) is 29.5 Å². The standard InChI is InChI=1S/C11H15NO2/c1-9(13)14-11-7-5-4-6-10(11)8-12(2)3/h4-7H,8H2,1-3H3. The van der Waals surface area contributed by atoms with Crippen LogP contribution in [0.1, 0.15) is 12.5 Å². The van der Waals surface area contributed by atoms with Crippen LogP contribution in [0.3, 0.4) is 0 Å². The Morgan fingerprint density at radius 1 is 1.36 bits per heavy atom. The predicted octanol–water partition coefficient (Wildman–Crippen LogP) is 1.67. The molecule has 0 fully saturated rings. The molecular weight excluding hydrogens is 178 g/mol. The van der Waals surface area contributed by atoms with Crippen molar-refractivity contribution < 1.29 is 9.53 Å². The minimum absolute atomic E-state index is 0.281. The second-order valence-corrected chi connectivity index (χ2v) is 3.44. The first kappa shape index (κ1) is 10.7. The molecule has 0 aromatic heterocycles. The second-order valence-electron chi connectivity index (χ2n) is 3.44. The van der Waals surface area contributed by atoms with Crippen LogP contribution in [0.2, 0.25) is 0 Å². The minimum atomic E-state index is -0.281. The van der Waals surface area contributed by atoms with Gasteiger partial charge in [-0.15, -0.1) is 0 Å². The number of hydrogen-bond donors (Lipinski definition) is 0. The van der Waals surface area contributed by atoms with Gasteiger partial charge in [0.1, 0.15) is 5.75 Å². The fourth-order valence-corrected chi connectivity index (χ4v) is 1.23. The first-order chi connectivity index (χ1) is 6.59. The van der Waals surface area contributed by atoms with Gasteiger partial charge in [-0.25, -0.2) is 0 Å². The van der Waals surface area contributed by atoms with Crippen molar-refractivity contribution in [2.45, 2.75) is 13.5 Å². The molecule has 0 saturated heterocycles. The summed E-state index contributed by atoms with van der Waals surface area (Å²) in [5.41, 5.74) is 1.02. The summed E-state index contributed by atoms with van der Waals surface area (Å²) in [6, 6.07) is 7.56. The third-order valence-electron chi connectivity index (χ3n) is 1.71. The monoisotopic (exact) mass is 193 g/mol. The maximum absolute atomic E-state index is 10.8. The van der Waals surface area contributed by atoms with E-state index in [1.54, 1.807) is 6.07 Å². The molecule has 76 valence electrons. The van der Waals surface area contributed by atoms with Gasteiger partial charge in [-0.05, 0) is 20.2 Å². The van der Waals surface area contributed by atoms with Crippen LogP contribution >= 0.6 is 0 Å². The Kier molecular flexibility index (Phi) is 3.65. The molecule has 0 aliphatic rings. The Labute approximate surface area is 84.3 Å². The molecule has 0 spiro atoms. The number of carbonyl (C=O) groups is 1. The highest BCUT2D eigenvalue weighted by Gasteiger charge is 2.05. The molecule has 0 radical (unpaired) electrons. The number of rotatable bonds is 3. The summed E-state index contributed by atoms with van der Waals surface area (Å²) < 4.78 is 5.08. The summed E-state index contributed by atoms with van der Waals surface area (Å²) in [7, 11) is 3.95. The molecule has 0 saturated carbocycles. The lowest BCUT2D eigenvalue weighted by atomic mass is 10.2. The van der Waals surface area contributed by atoms with Gasteiger partial charge < -0.3 is 9.64 Å². The lowest BCUT2D eigenvalue weighted by molar-refractivity contribution is -0.131. The fourth-order valence-electron chi connectivity index (χ4n) is 1.23. The lowest BCUT2D eigenvalue weighted by Crippen LogP contribution is -2.12. The Morgan fingerprint density at radius 3 is 2.57 bits per heavy atom. The molecule has 0 bridgehead atoms. The van der Waals surface area contributed by atoms with Crippen LogP contribution in [0.5, 0.6) is 5.75 Å². The summed E-state index contributed by atoms with van der Waals surface area (Å²) in [4.78, 5) is 12.8. The van der Waals surface area contributed by atoms with Gasteiger partial charge in [0, 0.05) is 19.0 Å². The van der Waals surface area contributed by atoms with E-state index in [1.807, 2.05) is 37.2 Å². The largest absolute Gasteiger partial charge is 0.426 e. The number of esters is 1. The number of para-hydroxylation sites is 1. The van der Waals surface area contributed by atoms with Gasteiger partial charge in [-0.1, -0.05) is 18.2 Å². The van der Waals surface area contributed by atoms with Gasteiger partial charge >= 0.3 is 5.97 Å². The van der Waals surface area contributed by atoms with Gasteiger partial charge in [0.2, 0.25) is 0 Å². The van der Waals surface area contributed by atoms with Crippen molar-refractivity contribution >= 4 is 5.97 Å². The van der Waals surface area contributed by atoms with Crippen molar-refractivity contribution in [2.75, 3.05) is 14.1 Å². The highest BCUT2D eigenvalue weighted by molar-refractivity contribution is 5.69. The molecule has 0 N–H and O–H groups in total. The molecule has 3 nitrogen and oxygen atoms in total. The molecule has 1 rings (SSSR count). The molecule has 0 aliphatic heterocycles. The molecule has 1 aromatic rings. The van der Waals surface area contributed by atoms with E-state index in [1.165, 1.54) is 6.92 Å². The minimum Gasteiger partial charge on any atom is -0.426 e. The highest BCUT2D eigenvalue weighted by Crippen LogP contribution is 2.18. The van der Waals surface area contributed by atoms with E-state index in [0.29, 0.717) is 5.75 Å². The number of nitrogens with zero attached hydrogens (tertiary/aromatic N) is 1. The van der Waals surface area contributed by atoms with Crippen LogP contribution < -0.4 is 4.74 Å². The second kappa shape index (κ2) is 4.77. The van der Waals surface area contributed by atoms with Gasteiger partial charge in [-0.3, -0.25) is 4.79 Å². The summed E-state index contributed by atoms with van der Waals surface area (Å²) in [6.45, 7) is 2.18. The first-order valence-electron chi connectivity index (χ1n) is 4.50. The van der Waals surface area contributed by atoms with Gasteiger partial charge in [-0.2, -0.15) is 0 Å². The third kappa shape index (κ3) is 3.18. The zero-order valence-electron chi connectivity index (χ0n) is 8.78. The van der Waals surface area contributed by atoms with Crippen LogP contribution in [-0.2, 0) is 11.3 Å². The van der Waals surface area contributed by atoms with E-state index in [0.717, 1.165) is 12.1 Å². The smallest absolute Gasteiger partial charge is 0.308 e. The first-order valence-corrected chi connectivity index (χ1v) is 4.50. The number of hydrogen-bond acceptors (Lipinski definition) is 3. The van der Waals surface area contributed by atoms with E-state index < -0.39 is 0 Å². The highest BCUT2D eigenvalue weighted by atomic mass is 16.5. The molecule has 14 heavy (non-hydrogen) atoms. The van der Waals surface area contributed by atoms with E-state index >= 15 is 0 Å². The third-order valence-corrected chi connectivity index (χ3v) is 1.71. The summed E-state index contributed by atoms with van der Waals surface area (Å²) in [5, 5.41) is 0. The maximum atomic E-state index is 10.8. The molecule has 0 unspecified atom stereocenters. The van der Waals surface area contributed by atoms with Crippen LogP contribution in [0.4, 0.5) is 0 Å². The molecule has 0 aliphatic carbocycles. The Morgan fingerprint density at radius 2 is 2.00 bits per heavy atom. The molecular formula is C11H15NO2. The lowest BCUT2D eigenvalue weighted by Gasteiger charge is -2.12. The Bertz CT molecular complexity index is 321. The van der Waals surface area contributed by atoms with E-state index in [2.05, 4.69) is 0 Å². The molecule has 3 heteroatoms. The van der Waals surface area contributed by atoms with E-state index in [-0.39, 0.29) is 5.97 Å². The average Bonchev–Trinajstić information content (AvgIpc) is 2.06. The average molecular weight is 193 g/mol. The van der Waals surface area contributed by atoms with E-state index in [9.17, 15) is 4.79 Å². The van der Waals surface area contributed by atoms with Crippen molar-refractivity contribution in [2.24, 2.45) is 0 Å². The van der Waals surface area contributed by atoms with Crippen molar-refractivity contribution in [1.29, 1.82) is 0 Å². The van der Waals surface area contributed by atoms with Crippen LogP contribution in [0, 0.1) is 0 Å². The normalized spacial score (nSPS) is 10.3. The van der Waals surface area contributed by atoms with Gasteiger partial charge in [0.15, 0.2) is 0 Å². The molecule has 0 heterocycles. The Hall–Kier alpha value is -1.35. The Balaban J connectivity index is 2.85. The van der Waals surface area contributed by atoms with Crippen LogP contribution in [0.25, 0.3) is 0 Å². The van der Waals surface area contributed by atoms with Crippen LogP contribution in [-0.4, -0.2) is 25.0 Å². The van der Waals surface area contributed by atoms with Crippen molar-refractivity contribution in [3.8, 4) is 5.75 Å². The summed E-state index contributed by atoms with van der Waals surface area (Å²) >= 11 is 0. The van der Waals surface area contributed by atoms with Crippen molar-refractivity contribution in [3.05, 3.63) is 29.8 Å². The molecule has 0 atom stereocenters. The summed E-state index contributed by atoms with van der Waals surface area (Å²) in [5.74, 6) is 0.366. The van der Waals surface area contributed by atoms with Crippen molar-refractivity contribution in [1.82, 2.24) is 4.90 Å². The number of benzene rings is 1. The van der Waals surface area contributed by atoms with Crippen LogP contribution in [0.15, 0.2) is 24.3 Å². The molecule has 1 aromatic carbocycles. The van der Waals surface area contributed by atoms with Gasteiger partial charge in [0.05, 0.1) is 0 Å². The SMILES string of the molecule is CC(=O)Oc1ccccc1CN(C)C. The zero-order chi connectivity index (χ0) is 10.6. The number of ether oxygens (including phenoxy) is 1. The maximum Gasteiger partial charge on any atom is 0.308 e. The van der Waals surface area contributed by atoms with E-state index in [4.69, 9.17) is 4.74 Å². The quantitative estimate of drug-likeness (QED) is 0.540. The summed E-state index contributed by atoms with van der Waals surface area (Å²) in [6.07, 6.45) is 0. The van der Waals surface area contributed by atoms with Crippen molar-refractivity contribution in [3.63, 3.8) is 0 Å². The van der Waals surface area contributed by atoms with Gasteiger partial charge in [0.25, 0.3) is 0 Å². The fraction of sp³-hybridized carbons (Fsp3) is 0.364. The zero-order valence-corrected chi connectivity index (χ0v) is 8.78. The predicted molar refractivity (Wildman–Crippen MR) is 55.1 cm³/mol. The molecule has 0 amide bonds. The number of carbonyl (C=O) groups excluding carboxylic acids is 1.